The highest BCUT2D eigenvalue weighted by atomic mass is 16.5. The number of amides is 4. The van der Waals surface area contributed by atoms with Crippen molar-refractivity contribution in [2.24, 2.45) is 13.0 Å². The van der Waals surface area contributed by atoms with E-state index in [4.69, 9.17) is 9.47 Å². The predicted molar refractivity (Wildman–Crippen MR) is 231 cm³/mol. The SMILES string of the molecule is COc1cc(-c2cn(C)c(=O)c3cnc(N4CCC4)cc23)cc(OC)c1CN1CCN(CCC2CCN(c3ccc4c(c3)C(=O)N(C3CCC(=O)NC3=O)C4=O)CC2)CC1C. The fourth-order valence-electron chi connectivity index (χ4n) is 9.81. The second-order valence-corrected chi connectivity index (χ2v) is 17.3. The Morgan fingerprint density at radius 1 is 0.803 bits per heavy atom. The van der Waals surface area contributed by atoms with Gasteiger partial charge >= 0.3 is 0 Å². The van der Waals surface area contributed by atoms with Crippen molar-refractivity contribution >= 4 is 45.9 Å². The number of ether oxygens (including phenoxy) is 2. The average molecular weight is 831 g/mol. The van der Waals surface area contributed by atoms with Crippen LogP contribution in [0, 0.1) is 5.92 Å². The third kappa shape index (κ3) is 7.62. The molecule has 2 aromatic heterocycles. The minimum atomic E-state index is -0.968. The minimum Gasteiger partial charge on any atom is -0.496 e. The zero-order valence-electron chi connectivity index (χ0n) is 35.4. The summed E-state index contributed by atoms with van der Waals surface area (Å²) in [5.41, 5.74) is 4.30. The summed E-state index contributed by atoms with van der Waals surface area (Å²) in [6.45, 7) is 10.5. The summed E-state index contributed by atoms with van der Waals surface area (Å²) in [5.74, 6) is 1.05. The van der Waals surface area contributed by atoms with Crippen LogP contribution in [0.1, 0.15) is 71.7 Å². The topological polar surface area (TPSA) is 150 Å². The standard InChI is InChI=1S/C46H54N8O7/c1-28-25-50(15-10-29-11-16-51(17-12-29)31-6-7-32-34(22-31)46(59)54(45(32)58)38-8-9-42(55)48-43(38)56)18-19-53(28)27-37-39(60-3)20-30(21-40(37)61-4)36-26-49(2)44(57)35-24-47-41(23-33(35)36)52-13-5-14-52/h6-7,20-24,26,28-29,38H,5,8-19,25,27H2,1-4H3,(H,48,55,56). The maximum atomic E-state index is 13.4. The number of benzene rings is 2. The van der Waals surface area contributed by atoms with Gasteiger partial charge in [0.25, 0.3) is 17.4 Å². The number of carbonyl (C=O) groups excluding carboxylic acids is 4. The first-order valence-electron chi connectivity index (χ1n) is 21.6. The van der Waals surface area contributed by atoms with E-state index >= 15 is 0 Å². The Balaban J connectivity index is 0.802. The maximum absolute atomic E-state index is 13.4. The van der Waals surface area contributed by atoms with Crippen LogP contribution in [0.15, 0.2) is 53.6 Å². The lowest BCUT2D eigenvalue weighted by Gasteiger charge is -2.41. The van der Waals surface area contributed by atoms with Gasteiger partial charge < -0.3 is 28.7 Å². The van der Waals surface area contributed by atoms with Gasteiger partial charge in [0.2, 0.25) is 11.8 Å². The van der Waals surface area contributed by atoms with E-state index in [2.05, 4.69) is 49.0 Å². The molecule has 15 nitrogen and oxygen atoms in total. The van der Waals surface area contributed by atoms with Crippen LogP contribution in [0.2, 0.25) is 0 Å². The van der Waals surface area contributed by atoms with Gasteiger partial charge in [-0.1, -0.05) is 0 Å². The lowest BCUT2D eigenvalue weighted by atomic mass is 9.92. The number of methoxy groups -OCH3 is 2. The van der Waals surface area contributed by atoms with Crippen LogP contribution < -0.4 is 30.1 Å². The van der Waals surface area contributed by atoms with E-state index in [0.29, 0.717) is 35.0 Å². The number of nitrogens with zero attached hydrogens (tertiary/aromatic N) is 7. The number of rotatable bonds is 11. The van der Waals surface area contributed by atoms with E-state index in [1.54, 1.807) is 44.2 Å². The fraction of sp³-hybridized carbons (Fsp3) is 0.478. The molecule has 0 saturated carbocycles. The molecule has 61 heavy (non-hydrogen) atoms. The third-order valence-electron chi connectivity index (χ3n) is 13.6. The highest BCUT2D eigenvalue weighted by molar-refractivity contribution is 6.23. The first-order chi connectivity index (χ1) is 29.5. The number of hydrogen-bond acceptors (Lipinski definition) is 12. The molecule has 15 heteroatoms. The van der Waals surface area contributed by atoms with Crippen LogP contribution in [0.5, 0.6) is 11.5 Å². The summed E-state index contributed by atoms with van der Waals surface area (Å²) in [7, 11) is 5.18. The molecule has 1 N–H and O–H groups in total. The van der Waals surface area contributed by atoms with E-state index in [9.17, 15) is 24.0 Å². The molecule has 2 unspecified atom stereocenters. The summed E-state index contributed by atoms with van der Waals surface area (Å²) < 4.78 is 13.7. The lowest BCUT2D eigenvalue weighted by molar-refractivity contribution is -0.136. The third-order valence-corrected chi connectivity index (χ3v) is 13.6. The first-order valence-corrected chi connectivity index (χ1v) is 21.6. The number of fused-ring (bicyclic) bond motifs is 2. The fourth-order valence-corrected chi connectivity index (χ4v) is 9.81. The number of nitrogens with one attached hydrogen (secondary N) is 1. The Morgan fingerprint density at radius 3 is 2.21 bits per heavy atom. The normalized spacial score (nSPS) is 21.5. The number of piperazine rings is 1. The van der Waals surface area contributed by atoms with E-state index in [1.165, 1.54) is 0 Å². The van der Waals surface area contributed by atoms with Crippen LogP contribution in [-0.2, 0) is 23.2 Å². The molecule has 0 radical (unpaired) electrons. The monoisotopic (exact) mass is 830 g/mol. The van der Waals surface area contributed by atoms with Gasteiger partial charge in [-0.05, 0) is 93.5 Å². The number of aryl methyl sites for hydroxylation is 1. The van der Waals surface area contributed by atoms with Gasteiger partial charge in [0.1, 0.15) is 23.4 Å². The summed E-state index contributed by atoms with van der Waals surface area (Å²) in [6.07, 6.45) is 8.19. The van der Waals surface area contributed by atoms with E-state index < -0.39 is 23.8 Å². The van der Waals surface area contributed by atoms with Crippen molar-refractivity contribution in [2.45, 2.75) is 64.1 Å². The van der Waals surface area contributed by atoms with Crippen LogP contribution in [0.3, 0.4) is 0 Å². The average Bonchev–Trinajstić information content (AvgIpc) is 3.49. The Morgan fingerprint density at radius 2 is 1.54 bits per heavy atom. The number of carbonyl (C=O) groups is 4. The second kappa shape index (κ2) is 16.6. The van der Waals surface area contributed by atoms with Gasteiger partial charge in [-0.15, -0.1) is 0 Å². The summed E-state index contributed by atoms with van der Waals surface area (Å²) in [5, 5.41) is 3.70. The van der Waals surface area contributed by atoms with E-state index in [1.807, 2.05) is 18.3 Å². The largest absolute Gasteiger partial charge is 0.496 e. The van der Waals surface area contributed by atoms with Gasteiger partial charge in [-0.3, -0.25) is 39.1 Å². The molecule has 2 atom stereocenters. The minimum absolute atomic E-state index is 0.0785. The lowest BCUT2D eigenvalue weighted by Crippen LogP contribution is -2.54. The van der Waals surface area contributed by atoms with Crippen LogP contribution in [0.4, 0.5) is 11.5 Å². The number of hydrogen-bond donors (Lipinski definition) is 1. The smallest absolute Gasteiger partial charge is 0.262 e. The molecule has 4 amide bonds. The number of imide groups is 2. The highest BCUT2D eigenvalue weighted by Crippen LogP contribution is 2.39. The van der Waals surface area contributed by atoms with E-state index in [0.717, 1.165) is 128 Å². The van der Waals surface area contributed by atoms with Gasteiger partial charge in [-0.25, -0.2) is 4.98 Å². The van der Waals surface area contributed by atoms with Gasteiger partial charge in [-0.2, -0.15) is 0 Å². The number of pyridine rings is 2. The molecular formula is C46H54N8O7. The Labute approximate surface area is 355 Å². The van der Waals surface area contributed by atoms with Crippen molar-refractivity contribution in [1.82, 2.24) is 29.6 Å². The number of piperidine rings is 2. The van der Waals surface area contributed by atoms with Crippen molar-refractivity contribution in [3.05, 3.63) is 75.8 Å². The summed E-state index contributed by atoms with van der Waals surface area (Å²) >= 11 is 0. The number of aromatic nitrogens is 2. The van der Waals surface area contributed by atoms with Crippen molar-refractivity contribution in [3.8, 4) is 22.6 Å². The molecule has 7 heterocycles. The Hall–Kier alpha value is -5.80. The molecule has 320 valence electrons. The zero-order chi connectivity index (χ0) is 42.5. The van der Waals surface area contributed by atoms with Crippen LogP contribution >= 0.6 is 0 Å². The quantitative estimate of drug-likeness (QED) is 0.218. The molecule has 5 aliphatic rings. The van der Waals surface area contributed by atoms with Crippen LogP contribution in [0.25, 0.3) is 21.9 Å². The molecule has 0 aliphatic carbocycles. The van der Waals surface area contributed by atoms with Gasteiger partial charge in [0, 0.05) is 101 Å². The summed E-state index contributed by atoms with van der Waals surface area (Å²) in [6, 6.07) is 10.9. The molecule has 0 bridgehead atoms. The molecule has 2 aromatic carbocycles. The molecular weight excluding hydrogens is 777 g/mol. The van der Waals surface area contributed by atoms with Crippen molar-refractivity contribution in [1.29, 1.82) is 0 Å². The maximum Gasteiger partial charge on any atom is 0.262 e. The van der Waals surface area contributed by atoms with Crippen molar-refractivity contribution in [3.63, 3.8) is 0 Å². The van der Waals surface area contributed by atoms with Crippen molar-refractivity contribution in [2.75, 3.05) is 76.4 Å². The molecule has 4 fully saturated rings. The van der Waals surface area contributed by atoms with Crippen molar-refractivity contribution < 1.29 is 28.7 Å². The first kappa shape index (κ1) is 40.6. The van der Waals surface area contributed by atoms with Gasteiger partial charge in [0.15, 0.2) is 0 Å². The Bertz CT molecular complexity index is 2450. The molecule has 5 aliphatic heterocycles. The summed E-state index contributed by atoms with van der Waals surface area (Å²) in [4.78, 5) is 79.1. The van der Waals surface area contributed by atoms with E-state index in [-0.39, 0.29) is 24.3 Å². The molecule has 4 aromatic rings. The van der Waals surface area contributed by atoms with Gasteiger partial charge in [0.05, 0.1) is 36.3 Å². The second-order valence-electron chi connectivity index (χ2n) is 17.3. The Kier molecular flexibility index (Phi) is 11.0. The zero-order valence-corrected chi connectivity index (χ0v) is 35.4. The highest BCUT2D eigenvalue weighted by Gasteiger charge is 2.45. The predicted octanol–water partition coefficient (Wildman–Crippen LogP) is 4.04. The molecule has 4 saturated heterocycles. The van der Waals surface area contributed by atoms with Crippen LogP contribution in [-0.4, -0.2) is 127 Å². The molecule has 9 rings (SSSR count). The molecule has 0 spiro atoms. The number of anilines is 2.